The lowest BCUT2D eigenvalue weighted by molar-refractivity contribution is 0.595. The molecular weight excluding hydrogens is 300 g/mol. The Hall–Kier alpha value is -1.68. The van der Waals surface area contributed by atoms with Crippen molar-refractivity contribution < 1.29 is 8.42 Å². The van der Waals surface area contributed by atoms with Gasteiger partial charge >= 0.3 is 0 Å². The first kappa shape index (κ1) is 13.3. The highest BCUT2D eigenvalue weighted by Gasteiger charge is 2.40. The fraction of sp³-hybridized carbons (Fsp3) is 0.500. The van der Waals surface area contributed by atoms with Gasteiger partial charge in [0.15, 0.2) is 15.7 Å². The predicted octanol–water partition coefficient (Wildman–Crippen LogP) is 0.365. The first-order valence-electron chi connectivity index (χ1n) is 6.16. The van der Waals surface area contributed by atoms with Crippen LogP contribution in [-0.2, 0) is 16.4 Å². The molecule has 8 nitrogen and oxygen atoms in total. The first-order valence-corrected chi connectivity index (χ1v) is 8.48. The van der Waals surface area contributed by atoms with Crippen LogP contribution in [0.1, 0.15) is 12.8 Å². The van der Waals surface area contributed by atoms with Gasteiger partial charge in [-0.2, -0.15) is 4.37 Å². The summed E-state index contributed by atoms with van der Waals surface area (Å²) in [5.41, 5.74) is 5.71. The fourth-order valence-electron chi connectivity index (χ4n) is 1.86. The number of anilines is 2. The quantitative estimate of drug-likeness (QED) is 0.791. The van der Waals surface area contributed by atoms with Crippen LogP contribution in [0.2, 0.25) is 0 Å². The molecule has 3 rings (SSSR count). The molecule has 0 radical (unpaired) electrons. The molecule has 0 aromatic carbocycles. The lowest BCUT2D eigenvalue weighted by atomic mass is 10.5. The van der Waals surface area contributed by atoms with Crippen molar-refractivity contribution in [2.75, 3.05) is 17.6 Å². The van der Waals surface area contributed by atoms with Crippen molar-refractivity contribution in [3.05, 3.63) is 12.4 Å². The number of nitrogens with zero attached hydrogens (tertiary/aromatic N) is 4. The highest BCUT2D eigenvalue weighted by Crippen LogP contribution is 2.40. The molecule has 0 saturated heterocycles. The van der Waals surface area contributed by atoms with Gasteiger partial charge in [0, 0.05) is 12.7 Å². The molecule has 10 heteroatoms. The van der Waals surface area contributed by atoms with E-state index in [9.17, 15) is 8.42 Å². The molecule has 108 valence electrons. The Morgan fingerprint density at radius 3 is 2.95 bits per heavy atom. The molecule has 0 spiro atoms. The molecule has 0 amide bonds. The van der Waals surface area contributed by atoms with E-state index in [4.69, 9.17) is 5.73 Å². The van der Waals surface area contributed by atoms with E-state index in [2.05, 4.69) is 20.0 Å². The Kier molecular flexibility index (Phi) is 3.34. The van der Waals surface area contributed by atoms with Crippen LogP contribution in [0, 0.1) is 0 Å². The van der Waals surface area contributed by atoms with Gasteiger partial charge < -0.3 is 11.1 Å². The third-order valence-electron chi connectivity index (χ3n) is 3.02. The fourth-order valence-corrected chi connectivity index (χ4v) is 4.77. The number of rotatable bonds is 6. The van der Waals surface area contributed by atoms with Gasteiger partial charge in [0.25, 0.3) is 0 Å². The summed E-state index contributed by atoms with van der Waals surface area (Å²) in [6, 6.07) is 0. The monoisotopic (exact) mass is 314 g/mol. The van der Waals surface area contributed by atoms with Crippen molar-refractivity contribution in [1.29, 1.82) is 0 Å². The maximum absolute atomic E-state index is 12.3. The second-order valence-corrected chi connectivity index (χ2v) is 7.50. The minimum absolute atomic E-state index is 0.0881. The molecular formula is C10H14N6O2S2. The Morgan fingerprint density at radius 2 is 2.30 bits per heavy atom. The van der Waals surface area contributed by atoms with Gasteiger partial charge in [-0.05, 0) is 24.4 Å². The Balaban J connectivity index is 1.74. The van der Waals surface area contributed by atoms with Gasteiger partial charge in [-0.1, -0.05) is 5.21 Å². The number of hydrogen-bond acceptors (Lipinski definition) is 8. The molecule has 0 atom stereocenters. The van der Waals surface area contributed by atoms with Crippen molar-refractivity contribution >= 4 is 32.2 Å². The molecule has 1 saturated carbocycles. The number of aromatic nitrogens is 4. The Morgan fingerprint density at radius 1 is 1.50 bits per heavy atom. The highest BCUT2D eigenvalue weighted by atomic mass is 32.2. The van der Waals surface area contributed by atoms with Gasteiger partial charge in [-0.25, -0.2) is 8.42 Å². The molecule has 2 heterocycles. The normalized spacial score (nSPS) is 15.4. The van der Waals surface area contributed by atoms with Crippen molar-refractivity contribution in [3.63, 3.8) is 0 Å². The maximum atomic E-state index is 12.3. The summed E-state index contributed by atoms with van der Waals surface area (Å²) in [6.45, 7) is 1.11. The first-order chi connectivity index (χ1) is 9.59. The molecule has 2 aromatic heterocycles. The molecule has 1 fully saturated rings. The van der Waals surface area contributed by atoms with E-state index in [1.807, 2.05) is 0 Å². The number of sulfone groups is 1. The minimum Gasteiger partial charge on any atom is -0.382 e. The van der Waals surface area contributed by atoms with E-state index < -0.39 is 9.84 Å². The van der Waals surface area contributed by atoms with E-state index in [1.165, 1.54) is 0 Å². The minimum atomic E-state index is -3.34. The zero-order valence-corrected chi connectivity index (χ0v) is 12.2. The number of nitrogen functional groups attached to an aromatic ring is 1. The summed E-state index contributed by atoms with van der Waals surface area (Å²) in [4.78, 5) is 0.156. The molecule has 20 heavy (non-hydrogen) atoms. The second kappa shape index (κ2) is 5.02. The summed E-state index contributed by atoms with van der Waals surface area (Å²) in [5, 5.41) is 10.8. The van der Waals surface area contributed by atoms with Crippen LogP contribution in [0.5, 0.6) is 0 Å². The highest BCUT2D eigenvalue weighted by molar-refractivity contribution is 7.92. The lowest BCUT2D eigenvalue weighted by Crippen LogP contribution is -2.14. The number of nitrogens with two attached hydrogens (primary N) is 1. The summed E-state index contributed by atoms with van der Waals surface area (Å²) in [7, 11) is -3.34. The van der Waals surface area contributed by atoms with Crippen LogP contribution in [0.3, 0.4) is 0 Å². The van der Waals surface area contributed by atoms with E-state index in [0.29, 0.717) is 30.9 Å². The smallest absolute Gasteiger partial charge is 0.187 e. The van der Waals surface area contributed by atoms with Gasteiger partial charge in [0.1, 0.15) is 9.90 Å². The molecule has 0 unspecified atom stereocenters. The van der Waals surface area contributed by atoms with Gasteiger partial charge in [0.05, 0.1) is 18.0 Å². The summed E-state index contributed by atoms with van der Waals surface area (Å²) in [6.07, 6.45) is 4.74. The standard InChI is InChI=1S/C10H14N6O2S2/c11-9-8(20(17,18)7-1-2-7)10(19-14-9)12-3-5-16-6-4-13-15-16/h4,6-7,12H,1-3,5H2,(H2,11,14). The molecule has 2 aromatic rings. The van der Waals surface area contributed by atoms with Crippen molar-refractivity contribution in [2.24, 2.45) is 0 Å². The number of nitrogens with one attached hydrogen (secondary N) is 1. The van der Waals surface area contributed by atoms with Crippen LogP contribution >= 0.6 is 11.5 Å². The van der Waals surface area contributed by atoms with Crippen LogP contribution < -0.4 is 11.1 Å². The predicted molar refractivity (Wildman–Crippen MR) is 75.2 cm³/mol. The van der Waals surface area contributed by atoms with Crippen LogP contribution in [0.4, 0.5) is 10.8 Å². The largest absolute Gasteiger partial charge is 0.382 e. The van der Waals surface area contributed by atoms with Gasteiger partial charge in [-0.3, -0.25) is 4.68 Å². The van der Waals surface area contributed by atoms with E-state index in [1.54, 1.807) is 17.1 Å². The van der Waals surface area contributed by atoms with Gasteiger partial charge in [-0.15, -0.1) is 5.10 Å². The lowest BCUT2D eigenvalue weighted by Gasteiger charge is -2.07. The summed E-state index contributed by atoms with van der Waals surface area (Å²) >= 11 is 1.07. The van der Waals surface area contributed by atoms with Crippen molar-refractivity contribution in [1.82, 2.24) is 19.4 Å². The van der Waals surface area contributed by atoms with Crippen molar-refractivity contribution in [2.45, 2.75) is 29.5 Å². The van der Waals surface area contributed by atoms with E-state index in [-0.39, 0.29) is 16.0 Å². The Labute approximate surface area is 120 Å². The third kappa shape index (κ3) is 2.48. The maximum Gasteiger partial charge on any atom is 0.187 e. The summed E-state index contributed by atoms with van der Waals surface area (Å²) < 4.78 is 30.2. The third-order valence-corrected chi connectivity index (χ3v) is 6.30. The molecule has 0 aliphatic heterocycles. The molecule has 1 aliphatic carbocycles. The molecule has 1 aliphatic rings. The van der Waals surface area contributed by atoms with Crippen molar-refractivity contribution in [3.8, 4) is 0 Å². The zero-order chi connectivity index (χ0) is 14.2. The average molecular weight is 314 g/mol. The van der Waals surface area contributed by atoms with Crippen LogP contribution in [-0.4, -0.2) is 39.6 Å². The topological polar surface area (TPSA) is 116 Å². The van der Waals surface area contributed by atoms with Crippen LogP contribution in [0.25, 0.3) is 0 Å². The number of hydrogen-bond donors (Lipinski definition) is 2. The van der Waals surface area contributed by atoms with E-state index in [0.717, 1.165) is 11.5 Å². The molecule has 3 N–H and O–H groups in total. The molecule has 0 bridgehead atoms. The van der Waals surface area contributed by atoms with E-state index >= 15 is 0 Å². The van der Waals surface area contributed by atoms with Crippen LogP contribution in [0.15, 0.2) is 17.3 Å². The summed E-state index contributed by atoms with van der Waals surface area (Å²) in [5.74, 6) is 0.0881. The Bertz CT molecular complexity index is 689. The average Bonchev–Trinajstić information content (AvgIpc) is 3.03. The second-order valence-electron chi connectivity index (χ2n) is 4.56. The zero-order valence-electron chi connectivity index (χ0n) is 10.6. The van der Waals surface area contributed by atoms with Gasteiger partial charge in [0.2, 0.25) is 0 Å². The SMILES string of the molecule is Nc1nsc(NCCn2ccnn2)c1S(=O)(=O)C1CC1.